The summed E-state index contributed by atoms with van der Waals surface area (Å²) in [4.78, 5) is 0. The van der Waals surface area contributed by atoms with E-state index in [4.69, 9.17) is 0 Å². The number of rotatable bonds is 10. The summed E-state index contributed by atoms with van der Waals surface area (Å²) in [5.41, 5.74) is 29.8. The molecule has 0 aliphatic heterocycles. The molecule has 0 unspecified atom stereocenters. The molecule has 24 aromatic rings. The maximum absolute atomic E-state index is 14.0. The van der Waals surface area contributed by atoms with Crippen molar-refractivity contribution in [3.8, 4) is 101 Å². The van der Waals surface area contributed by atoms with Gasteiger partial charge in [-0.2, -0.15) is 0 Å². The molecule has 704 valence electrons. The number of hydrogen-bond acceptors (Lipinski definition) is 2. The van der Waals surface area contributed by atoms with Crippen molar-refractivity contribution < 1.29 is 53.4 Å². The molecule has 0 N–H and O–H groups in total. The van der Waals surface area contributed by atoms with E-state index in [9.17, 15) is 43.9 Å². The molecule has 24 aromatic carbocycles. The van der Waals surface area contributed by atoms with Crippen molar-refractivity contribution in [3.63, 3.8) is 0 Å². The van der Waals surface area contributed by atoms with Gasteiger partial charge in [0.1, 0.15) is 11.5 Å². The molecule has 144 heavy (non-hydrogen) atoms. The second-order valence-electron chi connectivity index (χ2n) is 37.8. The Morgan fingerprint density at radius 2 is 0.319 bits per heavy atom. The summed E-state index contributed by atoms with van der Waals surface area (Å²) in [5.74, 6) is -3.98. The summed E-state index contributed by atoms with van der Waals surface area (Å²) in [6, 6.07) is 127. The smallest absolute Gasteiger partial charge is 0.406 e. The van der Waals surface area contributed by atoms with Gasteiger partial charge in [0.05, 0.1) is 0 Å². The molecule has 12 heteroatoms. The Labute approximate surface area is 827 Å². The molecular formula is C132H94F10O2. The van der Waals surface area contributed by atoms with Gasteiger partial charge >= 0.3 is 12.7 Å². The summed E-state index contributed by atoms with van der Waals surface area (Å²) in [6.45, 7) is 21.6. The lowest BCUT2D eigenvalue weighted by Gasteiger charge is -2.21. The lowest BCUT2D eigenvalue weighted by Crippen LogP contribution is -2.16. The predicted octanol–water partition coefficient (Wildman–Crippen LogP) is 39.4. The van der Waals surface area contributed by atoms with Crippen LogP contribution in [-0.4, -0.2) is 12.7 Å². The van der Waals surface area contributed by atoms with Crippen LogP contribution in [0.15, 0.2) is 388 Å². The third kappa shape index (κ3) is 18.1. The van der Waals surface area contributed by atoms with Crippen LogP contribution >= 0.6 is 0 Å². The lowest BCUT2D eigenvalue weighted by atomic mass is 9.83. The number of aryl methyl sites for hydroxylation is 10. The minimum absolute atomic E-state index is 0.230. The van der Waals surface area contributed by atoms with Crippen LogP contribution in [0.3, 0.4) is 0 Å². The number of alkyl halides is 6. The first-order chi connectivity index (χ1) is 69.4. The van der Waals surface area contributed by atoms with E-state index in [-0.39, 0.29) is 11.5 Å². The van der Waals surface area contributed by atoms with E-state index >= 15 is 0 Å². The Morgan fingerprint density at radius 3 is 0.556 bits per heavy atom. The summed E-state index contributed by atoms with van der Waals surface area (Å²) >= 11 is 0. The number of halogens is 10. The minimum atomic E-state index is -4.77. The first-order valence-electron chi connectivity index (χ1n) is 47.8. The maximum atomic E-state index is 14.0. The van der Waals surface area contributed by atoms with Crippen molar-refractivity contribution in [1.29, 1.82) is 0 Å². The van der Waals surface area contributed by atoms with E-state index in [1.54, 1.807) is 30.3 Å². The van der Waals surface area contributed by atoms with E-state index in [1.807, 2.05) is 84.9 Å². The first kappa shape index (κ1) is 93.6. The topological polar surface area (TPSA) is 18.5 Å². The summed E-state index contributed by atoms with van der Waals surface area (Å²) in [5, 5.41) is 25.4. The number of fused-ring (bicyclic) bond motifs is 12. The molecule has 0 radical (unpaired) electrons. The van der Waals surface area contributed by atoms with Crippen LogP contribution in [0.4, 0.5) is 43.9 Å². The summed E-state index contributed by atoms with van der Waals surface area (Å²) in [6.07, 6.45) is -9.50. The van der Waals surface area contributed by atoms with Crippen LogP contribution < -0.4 is 9.47 Å². The molecule has 0 spiro atoms. The zero-order valence-corrected chi connectivity index (χ0v) is 80.5. The van der Waals surface area contributed by atoms with E-state index in [0.717, 1.165) is 121 Å². The van der Waals surface area contributed by atoms with E-state index in [0.29, 0.717) is 21.5 Å². The second-order valence-corrected chi connectivity index (χ2v) is 37.8. The molecule has 0 amide bonds. The Kier molecular flexibility index (Phi) is 24.5. The van der Waals surface area contributed by atoms with Crippen LogP contribution in [-0.2, 0) is 0 Å². The second kappa shape index (κ2) is 37.7. The molecule has 2 nitrogen and oxygen atoms in total. The Balaban J connectivity index is 0.000000113. The quantitative estimate of drug-likeness (QED) is 0.100. The van der Waals surface area contributed by atoms with Gasteiger partial charge in [0.25, 0.3) is 0 Å². The Hall–Kier alpha value is -16.7. The van der Waals surface area contributed by atoms with Gasteiger partial charge in [-0.15, -0.1) is 26.3 Å². The zero-order valence-electron chi connectivity index (χ0n) is 80.5. The van der Waals surface area contributed by atoms with Crippen LogP contribution in [0.5, 0.6) is 11.5 Å². The van der Waals surface area contributed by atoms with Gasteiger partial charge in [-0.25, -0.2) is 17.6 Å². The van der Waals surface area contributed by atoms with E-state index < -0.39 is 36.0 Å². The van der Waals surface area contributed by atoms with Crippen LogP contribution in [0.1, 0.15) is 55.6 Å². The molecule has 0 aliphatic carbocycles. The maximum Gasteiger partial charge on any atom is 0.573 e. The fourth-order valence-corrected chi connectivity index (χ4v) is 20.8. The molecule has 0 fully saturated rings. The van der Waals surface area contributed by atoms with Gasteiger partial charge in [-0.1, -0.05) is 327 Å². The highest BCUT2D eigenvalue weighted by atomic mass is 19.4. The summed E-state index contributed by atoms with van der Waals surface area (Å²) in [7, 11) is 0. The Bertz CT molecular complexity index is 9050. The van der Waals surface area contributed by atoms with Gasteiger partial charge in [-0.05, 0) is 405 Å². The number of ether oxygens (including phenoxy) is 2. The normalized spacial score (nSPS) is 11.8. The van der Waals surface area contributed by atoms with Crippen LogP contribution in [0.25, 0.3) is 218 Å². The number of hydrogen-bond donors (Lipinski definition) is 0. The largest absolute Gasteiger partial charge is 0.573 e. The van der Waals surface area contributed by atoms with E-state index in [2.05, 4.69) is 303 Å². The lowest BCUT2D eigenvalue weighted by molar-refractivity contribution is -0.275. The molecule has 0 saturated carbocycles. The molecule has 0 aromatic heterocycles. The average Bonchev–Trinajstić information content (AvgIpc) is 0.722. The van der Waals surface area contributed by atoms with Crippen molar-refractivity contribution in [2.45, 2.75) is 82.0 Å². The minimum Gasteiger partial charge on any atom is -0.406 e. The van der Waals surface area contributed by atoms with Gasteiger partial charge in [0, 0.05) is 0 Å². The molecular weight excluding hydrogens is 1810 g/mol. The van der Waals surface area contributed by atoms with Crippen LogP contribution in [0.2, 0.25) is 0 Å². The Morgan fingerprint density at radius 1 is 0.153 bits per heavy atom. The van der Waals surface area contributed by atoms with E-state index in [1.165, 1.54) is 180 Å². The average molecular weight is 1900 g/mol. The van der Waals surface area contributed by atoms with Gasteiger partial charge in [0.2, 0.25) is 0 Å². The fourth-order valence-electron chi connectivity index (χ4n) is 20.8. The van der Waals surface area contributed by atoms with Gasteiger partial charge in [0.15, 0.2) is 23.3 Å². The molecule has 0 heterocycles. The monoisotopic (exact) mass is 1900 g/mol. The predicted molar refractivity (Wildman–Crippen MR) is 580 cm³/mol. The molecule has 24 rings (SSSR count). The first-order valence-corrected chi connectivity index (χ1v) is 47.8. The van der Waals surface area contributed by atoms with Gasteiger partial charge < -0.3 is 9.47 Å². The fraction of sp³-hybridized carbons (Fsp3) is 0.0909. The van der Waals surface area contributed by atoms with Crippen molar-refractivity contribution in [2.75, 3.05) is 0 Å². The zero-order chi connectivity index (χ0) is 100. The van der Waals surface area contributed by atoms with Crippen molar-refractivity contribution in [2.24, 2.45) is 0 Å². The van der Waals surface area contributed by atoms with Gasteiger partial charge in [-0.3, -0.25) is 0 Å². The highest BCUT2D eigenvalue weighted by Crippen LogP contribution is 2.52. The highest BCUT2D eigenvalue weighted by molar-refractivity contribution is 6.27. The third-order valence-corrected chi connectivity index (χ3v) is 28.4. The molecule has 0 aliphatic rings. The standard InChI is InChI=1S/C35H27F3O.C35H30.C31H17F5O.C31H20F2/c1-20-15-29-31(17-22(20)3)34(27-10-9-24-7-5-6-8-26(24)19-27)32-18-23(4)21(2)16-30(32)33(29)25-11-13-28(14-12-25)39-35(36,37)38;1-21-10-12-27(13-11-21)34-30-16-22(2)24(4)18-32(30)35(33-19-25(5)23(3)17-31(33)34)29-15-14-26-8-6-7-9-28(26)20-29;32-27-16-19-9-10-20(15-21(19)17-28(27)33)30-25-7-3-1-5-23(25)29(24-6-2-4-8-26(24)30)18-11-13-22(14-12-18)37-31(34,35)36;1-19-10-12-20(13-11-19)30-24-6-2-4-8-26(24)31(27-9-5-3-7-25(27)30)22-15-14-21-17-28(32)29(33)18-23(21)16-22/h5-19H,1-4H3;6-20H,1-5H3;1-17H;2-18H,1H3. The van der Waals surface area contributed by atoms with Crippen molar-refractivity contribution in [1.82, 2.24) is 0 Å². The highest BCUT2D eigenvalue weighted by Gasteiger charge is 2.33. The number of benzene rings is 24. The summed E-state index contributed by atoms with van der Waals surface area (Å²) < 4.78 is 140. The molecule has 0 bridgehead atoms. The van der Waals surface area contributed by atoms with Crippen molar-refractivity contribution in [3.05, 3.63) is 467 Å². The van der Waals surface area contributed by atoms with Crippen molar-refractivity contribution >= 4 is 129 Å². The van der Waals surface area contributed by atoms with Crippen LogP contribution in [0, 0.1) is 92.5 Å². The SMILES string of the molecule is Cc1cc2c(-c3ccc(OC(F)(F)F)cc3)c3cc(C)c(C)cc3c(-c3ccc4ccccc4c3)c2cc1C.Cc1ccc(-c2c3cc(C)c(C)cc3c(-c3ccc4ccccc4c3)c3cc(C)c(C)cc23)cc1.Cc1ccc(-c2c3ccccc3c(-c3ccc4cc(F)c(F)cc4c3)c3ccccc23)cc1.Fc1cc2ccc(-c3c4ccccc4c(-c4ccc(OC(F)(F)F)cc4)c4ccccc34)cc2cc1F. The molecule has 0 saturated heterocycles. The molecule has 0 atom stereocenters. The third-order valence-electron chi connectivity index (χ3n) is 28.4.